The van der Waals surface area contributed by atoms with Crippen molar-refractivity contribution < 1.29 is 14.5 Å². The average molecular weight is 336 g/mol. The van der Waals surface area contributed by atoms with Crippen LogP contribution in [0.3, 0.4) is 0 Å². The maximum atomic E-state index is 11.5. The molecule has 0 aliphatic rings. The molecule has 0 heterocycles. The highest BCUT2D eigenvalue weighted by Crippen LogP contribution is 2.31. The van der Waals surface area contributed by atoms with E-state index < -0.39 is 4.92 Å². The van der Waals surface area contributed by atoms with Crippen molar-refractivity contribution in [1.29, 1.82) is 0 Å². The van der Waals surface area contributed by atoms with Crippen LogP contribution in [0.25, 0.3) is 0 Å². The quantitative estimate of drug-likeness (QED) is 0.473. The van der Waals surface area contributed by atoms with Crippen LogP contribution in [0.15, 0.2) is 46.9 Å². The number of rotatable bonds is 4. The van der Waals surface area contributed by atoms with Crippen LogP contribution in [-0.4, -0.2) is 10.7 Å². The Kier molecular flexibility index (Phi) is 4.14. The summed E-state index contributed by atoms with van der Waals surface area (Å²) in [5, 5.41) is 10.9. The van der Waals surface area contributed by atoms with Crippen LogP contribution in [0.4, 0.5) is 5.69 Å². The minimum absolute atomic E-state index is 0.0274. The van der Waals surface area contributed by atoms with E-state index >= 15 is 0 Å². The molecule has 20 heavy (non-hydrogen) atoms. The second-order valence-electron chi connectivity index (χ2n) is 4.02. The zero-order valence-electron chi connectivity index (χ0n) is 10.5. The van der Waals surface area contributed by atoms with Gasteiger partial charge in [-0.15, -0.1) is 0 Å². The third-order valence-electron chi connectivity index (χ3n) is 2.61. The Balaban J connectivity index is 2.40. The summed E-state index contributed by atoms with van der Waals surface area (Å²) >= 11 is 3.34. The second-order valence-corrected chi connectivity index (χ2v) is 4.88. The van der Waals surface area contributed by atoms with E-state index in [9.17, 15) is 14.9 Å². The lowest BCUT2D eigenvalue weighted by molar-refractivity contribution is -0.385. The van der Waals surface area contributed by atoms with Crippen molar-refractivity contribution in [3.63, 3.8) is 0 Å². The van der Waals surface area contributed by atoms with Crippen LogP contribution in [0, 0.1) is 10.1 Å². The highest BCUT2D eigenvalue weighted by molar-refractivity contribution is 9.10. The maximum Gasteiger partial charge on any atom is 0.280 e. The van der Waals surface area contributed by atoms with Crippen molar-refractivity contribution in [2.45, 2.75) is 6.92 Å². The van der Waals surface area contributed by atoms with Gasteiger partial charge in [-0.05, 0) is 47.1 Å². The lowest BCUT2D eigenvalue weighted by atomic mass is 10.1. The molecule has 2 rings (SSSR count). The van der Waals surface area contributed by atoms with Gasteiger partial charge in [0.2, 0.25) is 0 Å². The van der Waals surface area contributed by atoms with Crippen molar-refractivity contribution in [3.05, 3.63) is 62.6 Å². The van der Waals surface area contributed by atoms with E-state index in [1.54, 1.807) is 12.1 Å². The maximum absolute atomic E-state index is 11.5. The molecule has 0 N–H and O–H groups in total. The number of nitrogens with zero attached hydrogens (tertiary/aromatic N) is 1. The Labute approximate surface area is 123 Å². The highest BCUT2D eigenvalue weighted by Gasteiger charge is 2.18. The molecule has 5 nitrogen and oxygen atoms in total. The number of ketones is 1. The van der Waals surface area contributed by atoms with E-state index in [2.05, 4.69) is 15.9 Å². The number of halogens is 1. The van der Waals surface area contributed by atoms with Crippen LogP contribution < -0.4 is 4.74 Å². The number of carbonyl (C=O) groups excluding carboxylic acids is 1. The lowest BCUT2D eigenvalue weighted by Crippen LogP contribution is -2.00. The summed E-state index contributed by atoms with van der Waals surface area (Å²) in [5.41, 5.74) is -0.198. The first-order valence-corrected chi connectivity index (χ1v) is 6.50. The van der Waals surface area contributed by atoms with Crippen LogP contribution >= 0.6 is 15.9 Å². The smallest absolute Gasteiger partial charge is 0.280 e. The summed E-state index contributed by atoms with van der Waals surface area (Å²) in [6.45, 7) is 1.28. The van der Waals surface area contributed by atoms with Crippen LogP contribution in [0.2, 0.25) is 0 Å². The fourth-order valence-corrected chi connectivity index (χ4v) is 2.04. The van der Waals surface area contributed by atoms with Gasteiger partial charge in [0.1, 0.15) is 11.5 Å². The molecule has 0 aliphatic heterocycles. The van der Waals surface area contributed by atoms with Gasteiger partial charge in [0.15, 0.2) is 5.78 Å². The van der Waals surface area contributed by atoms with Crippen molar-refractivity contribution in [2.24, 2.45) is 0 Å². The topological polar surface area (TPSA) is 69.4 Å². The molecule has 0 unspecified atom stereocenters. The first-order chi connectivity index (χ1) is 9.49. The third kappa shape index (κ3) is 3.03. The van der Waals surface area contributed by atoms with Gasteiger partial charge in [0, 0.05) is 6.07 Å². The summed E-state index contributed by atoms with van der Waals surface area (Å²) in [6, 6.07) is 11.3. The summed E-state index contributed by atoms with van der Waals surface area (Å²) in [7, 11) is 0. The fraction of sp³-hybridized carbons (Fsp3) is 0.0714. The number of hydrogen-bond acceptors (Lipinski definition) is 4. The van der Waals surface area contributed by atoms with Crippen molar-refractivity contribution >= 4 is 27.4 Å². The van der Waals surface area contributed by atoms with Crippen LogP contribution in [0.5, 0.6) is 11.5 Å². The Morgan fingerprint density at radius 3 is 2.55 bits per heavy atom. The largest absolute Gasteiger partial charge is 0.456 e. The molecule has 0 aliphatic carbocycles. The number of benzene rings is 2. The van der Waals surface area contributed by atoms with Gasteiger partial charge >= 0.3 is 0 Å². The van der Waals surface area contributed by atoms with E-state index in [1.165, 1.54) is 25.1 Å². The van der Waals surface area contributed by atoms with Gasteiger partial charge in [-0.2, -0.15) is 0 Å². The SMILES string of the molecule is CC(=O)c1cc(Oc2ccccc2Br)ccc1[N+](=O)[O-]. The number of ether oxygens (including phenoxy) is 1. The number of Topliss-reactive ketones (excluding diaryl/α,β-unsaturated/α-hetero) is 1. The molecule has 0 radical (unpaired) electrons. The normalized spacial score (nSPS) is 10.1. The summed E-state index contributed by atoms with van der Waals surface area (Å²) in [6.07, 6.45) is 0. The Morgan fingerprint density at radius 1 is 1.25 bits per heavy atom. The van der Waals surface area contributed by atoms with E-state index in [1.807, 2.05) is 12.1 Å². The predicted molar refractivity (Wildman–Crippen MR) is 77.3 cm³/mol. The predicted octanol–water partition coefficient (Wildman–Crippen LogP) is 4.35. The lowest BCUT2D eigenvalue weighted by Gasteiger charge is -2.08. The van der Waals surface area contributed by atoms with Crippen molar-refractivity contribution in [3.8, 4) is 11.5 Å². The average Bonchev–Trinajstić information content (AvgIpc) is 2.41. The van der Waals surface area contributed by atoms with Crippen LogP contribution in [-0.2, 0) is 0 Å². The molecule has 2 aromatic rings. The number of nitro groups is 1. The molecule has 0 saturated carbocycles. The van der Waals surface area contributed by atoms with Gasteiger partial charge in [0.05, 0.1) is 15.0 Å². The van der Waals surface area contributed by atoms with Crippen molar-refractivity contribution in [2.75, 3.05) is 0 Å². The molecule has 0 fully saturated rings. The molecule has 102 valence electrons. The molecule has 0 spiro atoms. The number of hydrogen-bond donors (Lipinski definition) is 0. The van der Waals surface area contributed by atoms with E-state index in [0.29, 0.717) is 11.5 Å². The van der Waals surface area contributed by atoms with Gasteiger partial charge in [-0.3, -0.25) is 14.9 Å². The van der Waals surface area contributed by atoms with E-state index in [4.69, 9.17) is 4.74 Å². The first-order valence-electron chi connectivity index (χ1n) is 5.71. The number of para-hydroxylation sites is 1. The molecule has 0 saturated heterocycles. The Morgan fingerprint density at radius 2 is 1.95 bits per heavy atom. The van der Waals surface area contributed by atoms with Gasteiger partial charge in [-0.1, -0.05) is 12.1 Å². The highest BCUT2D eigenvalue weighted by atomic mass is 79.9. The third-order valence-corrected chi connectivity index (χ3v) is 3.26. The van der Waals surface area contributed by atoms with Gasteiger partial charge in [0.25, 0.3) is 5.69 Å². The molecule has 0 atom stereocenters. The molecular weight excluding hydrogens is 326 g/mol. The zero-order chi connectivity index (χ0) is 14.7. The molecule has 6 heteroatoms. The molecular formula is C14H10BrNO4. The van der Waals surface area contributed by atoms with E-state index in [-0.39, 0.29) is 17.0 Å². The van der Waals surface area contributed by atoms with Gasteiger partial charge in [-0.25, -0.2) is 0 Å². The summed E-state index contributed by atoms with van der Waals surface area (Å²) < 4.78 is 6.37. The summed E-state index contributed by atoms with van der Waals surface area (Å²) in [5.74, 6) is 0.554. The fourth-order valence-electron chi connectivity index (χ4n) is 1.67. The Hall–Kier alpha value is -2.21. The molecule has 0 amide bonds. The standard InChI is InChI=1S/C14H10BrNO4/c1-9(17)11-8-10(6-7-13(11)16(18)19)20-14-5-3-2-4-12(14)15/h2-8H,1H3. The zero-order valence-corrected chi connectivity index (χ0v) is 12.1. The minimum atomic E-state index is -0.584. The Bertz CT molecular complexity index is 685. The number of carbonyl (C=O) groups is 1. The minimum Gasteiger partial charge on any atom is -0.456 e. The van der Waals surface area contributed by atoms with E-state index in [0.717, 1.165) is 4.47 Å². The molecule has 0 aromatic heterocycles. The molecule has 0 bridgehead atoms. The molecule has 2 aromatic carbocycles. The second kappa shape index (κ2) is 5.83. The summed E-state index contributed by atoms with van der Waals surface area (Å²) in [4.78, 5) is 21.7. The first kappa shape index (κ1) is 14.2. The van der Waals surface area contributed by atoms with Gasteiger partial charge < -0.3 is 4.74 Å². The van der Waals surface area contributed by atoms with Crippen LogP contribution in [0.1, 0.15) is 17.3 Å². The monoisotopic (exact) mass is 335 g/mol. The van der Waals surface area contributed by atoms with Crippen molar-refractivity contribution in [1.82, 2.24) is 0 Å². The number of nitro benzene ring substituents is 1.